The molecule has 1 aromatic heterocycles. The maximum absolute atomic E-state index is 4.66. The lowest BCUT2D eigenvalue weighted by Crippen LogP contribution is -2.11. The first-order valence-corrected chi connectivity index (χ1v) is 7.55. The minimum absolute atomic E-state index is 0.652. The highest BCUT2D eigenvalue weighted by Gasteiger charge is 2.20. The van der Waals surface area contributed by atoms with E-state index in [9.17, 15) is 0 Å². The number of hydrogen-bond donors (Lipinski definition) is 0. The lowest BCUT2D eigenvalue weighted by molar-refractivity contribution is 0.344. The van der Waals surface area contributed by atoms with Crippen molar-refractivity contribution in [3.05, 3.63) is 60.5 Å². The van der Waals surface area contributed by atoms with Crippen molar-refractivity contribution in [1.82, 2.24) is 4.98 Å². The summed E-state index contributed by atoms with van der Waals surface area (Å²) in [5.74, 6) is 1.54. The van der Waals surface area contributed by atoms with Crippen LogP contribution in [0.1, 0.15) is 56.7 Å². The molecule has 106 valence electrons. The fraction of sp³-hybridized carbons (Fsp3) is 0.421. The maximum atomic E-state index is 4.66. The molecular weight excluding hydrogens is 242 g/mol. The molecule has 0 bridgehead atoms. The number of aromatic nitrogens is 1. The van der Waals surface area contributed by atoms with Crippen molar-refractivity contribution in [2.24, 2.45) is 5.92 Å². The summed E-state index contributed by atoms with van der Waals surface area (Å²) in [6, 6.07) is 4.32. The molecule has 0 N–H and O–H groups in total. The first-order valence-electron chi connectivity index (χ1n) is 7.55. The summed E-state index contributed by atoms with van der Waals surface area (Å²) in [7, 11) is 0. The van der Waals surface area contributed by atoms with Crippen LogP contribution in [0, 0.1) is 5.92 Å². The average Bonchev–Trinajstić information content (AvgIpc) is 2.46. The van der Waals surface area contributed by atoms with Gasteiger partial charge in [0, 0.05) is 17.8 Å². The van der Waals surface area contributed by atoms with E-state index in [0.29, 0.717) is 5.92 Å². The molecule has 0 atom stereocenters. The van der Waals surface area contributed by atoms with E-state index >= 15 is 0 Å². The molecule has 0 aliphatic heterocycles. The van der Waals surface area contributed by atoms with E-state index in [4.69, 9.17) is 0 Å². The van der Waals surface area contributed by atoms with E-state index in [1.54, 1.807) is 0 Å². The zero-order chi connectivity index (χ0) is 14.5. The molecule has 0 amide bonds. The summed E-state index contributed by atoms with van der Waals surface area (Å²) in [6.45, 7) is 12.3. The molecule has 0 radical (unpaired) electrons. The molecule has 1 aliphatic carbocycles. The summed E-state index contributed by atoms with van der Waals surface area (Å²) in [4.78, 5) is 4.66. The third-order valence-electron chi connectivity index (χ3n) is 4.16. The van der Waals surface area contributed by atoms with Crippen LogP contribution in [0.4, 0.5) is 0 Å². The highest BCUT2D eigenvalue weighted by molar-refractivity contribution is 5.71. The standard InChI is InChI=1S/C19H25N/c1-14(2)5-8-16(4)18-11-12-19(20-13-18)17-9-6-15(3)7-10-17/h5,8,11-13,15,17H,1,4,6-7,9-10H2,2-3H3/b8-5-. The Morgan fingerprint density at radius 2 is 1.85 bits per heavy atom. The van der Waals surface area contributed by atoms with E-state index in [2.05, 4.69) is 37.2 Å². The largest absolute Gasteiger partial charge is 0.260 e. The molecule has 1 aliphatic rings. The molecule has 1 saturated carbocycles. The highest BCUT2D eigenvalue weighted by Crippen LogP contribution is 2.34. The van der Waals surface area contributed by atoms with E-state index in [1.165, 1.54) is 31.4 Å². The van der Waals surface area contributed by atoms with Crippen LogP contribution in [0.15, 0.2) is 49.2 Å². The van der Waals surface area contributed by atoms with Gasteiger partial charge < -0.3 is 0 Å². The molecule has 2 rings (SSSR count). The van der Waals surface area contributed by atoms with Crippen molar-refractivity contribution in [2.45, 2.75) is 45.4 Å². The van der Waals surface area contributed by atoms with Crippen LogP contribution in [0.3, 0.4) is 0 Å². The average molecular weight is 267 g/mol. The molecular formula is C19H25N. The zero-order valence-electron chi connectivity index (χ0n) is 12.7. The van der Waals surface area contributed by atoms with Crippen LogP contribution in [-0.4, -0.2) is 4.98 Å². The normalized spacial score (nSPS) is 22.9. The van der Waals surface area contributed by atoms with Crippen molar-refractivity contribution < 1.29 is 0 Å². The van der Waals surface area contributed by atoms with Gasteiger partial charge in [0.2, 0.25) is 0 Å². The van der Waals surface area contributed by atoms with Gasteiger partial charge in [-0.3, -0.25) is 4.98 Å². The van der Waals surface area contributed by atoms with Crippen molar-refractivity contribution in [3.63, 3.8) is 0 Å². The van der Waals surface area contributed by atoms with Crippen LogP contribution < -0.4 is 0 Å². The zero-order valence-corrected chi connectivity index (χ0v) is 12.7. The molecule has 0 spiro atoms. The van der Waals surface area contributed by atoms with Gasteiger partial charge in [0.1, 0.15) is 0 Å². The van der Waals surface area contributed by atoms with Crippen LogP contribution in [0.5, 0.6) is 0 Å². The summed E-state index contributed by atoms with van der Waals surface area (Å²) in [5, 5.41) is 0. The quantitative estimate of drug-likeness (QED) is 0.654. The molecule has 0 unspecified atom stereocenters. The molecule has 1 nitrogen and oxygen atoms in total. The fourth-order valence-electron chi connectivity index (χ4n) is 2.73. The van der Waals surface area contributed by atoms with E-state index in [-0.39, 0.29) is 0 Å². The molecule has 0 aromatic carbocycles. The van der Waals surface area contributed by atoms with E-state index < -0.39 is 0 Å². The summed E-state index contributed by atoms with van der Waals surface area (Å²) in [6.07, 6.45) is 11.2. The van der Waals surface area contributed by atoms with Gasteiger partial charge in [-0.25, -0.2) is 0 Å². The SMILES string of the molecule is C=C(C)/C=C\C(=C)c1ccc(C2CCC(C)CC2)nc1. The van der Waals surface area contributed by atoms with Gasteiger partial charge in [0.25, 0.3) is 0 Å². The number of nitrogens with zero attached hydrogens (tertiary/aromatic N) is 1. The van der Waals surface area contributed by atoms with Crippen molar-refractivity contribution >= 4 is 5.57 Å². The first kappa shape index (κ1) is 14.8. The number of allylic oxidation sites excluding steroid dienone is 4. The Bertz CT molecular complexity index is 499. The monoisotopic (exact) mass is 267 g/mol. The highest BCUT2D eigenvalue weighted by atomic mass is 14.7. The second-order valence-corrected chi connectivity index (χ2v) is 6.13. The summed E-state index contributed by atoms with van der Waals surface area (Å²) in [5.41, 5.74) is 4.36. The molecule has 0 saturated heterocycles. The van der Waals surface area contributed by atoms with Gasteiger partial charge in [-0.2, -0.15) is 0 Å². The molecule has 1 heterocycles. The lowest BCUT2D eigenvalue weighted by Gasteiger charge is -2.25. The summed E-state index contributed by atoms with van der Waals surface area (Å²) >= 11 is 0. The number of pyridine rings is 1. The third kappa shape index (κ3) is 3.93. The van der Waals surface area contributed by atoms with Crippen molar-refractivity contribution in [2.75, 3.05) is 0 Å². The smallest absolute Gasteiger partial charge is 0.0434 e. The van der Waals surface area contributed by atoms with Gasteiger partial charge in [-0.05, 0) is 42.9 Å². The Labute approximate surface area is 123 Å². The Morgan fingerprint density at radius 3 is 2.40 bits per heavy atom. The number of rotatable bonds is 4. The van der Waals surface area contributed by atoms with Gasteiger partial charge in [0.05, 0.1) is 0 Å². The summed E-state index contributed by atoms with van der Waals surface area (Å²) < 4.78 is 0. The predicted molar refractivity (Wildman–Crippen MR) is 87.6 cm³/mol. The molecule has 20 heavy (non-hydrogen) atoms. The van der Waals surface area contributed by atoms with Gasteiger partial charge in [0.15, 0.2) is 0 Å². The first-order chi connectivity index (χ1) is 9.56. The van der Waals surface area contributed by atoms with Crippen LogP contribution in [0.25, 0.3) is 5.57 Å². The van der Waals surface area contributed by atoms with Crippen molar-refractivity contribution in [1.29, 1.82) is 0 Å². The Hall–Kier alpha value is -1.63. The fourth-order valence-corrected chi connectivity index (χ4v) is 2.73. The third-order valence-corrected chi connectivity index (χ3v) is 4.16. The lowest BCUT2D eigenvalue weighted by atomic mass is 9.81. The van der Waals surface area contributed by atoms with E-state index in [0.717, 1.165) is 22.6 Å². The van der Waals surface area contributed by atoms with Crippen LogP contribution in [-0.2, 0) is 0 Å². The van der Waals surface area contributed by atoms with E-state index in [1.807, 2.05) is 25.3 Å². The second kappa shape index (κ2) is 6.69. The van der Waals surface area contributed by atoms with Crippen LogP contribution >= 0.6 is 0 Å². The molecule has 1 fully saturated rings. The Balaban J connectivity index is 2.03. The second-order valence-electron chi connectivity index (χ2n) is 6.13. The van der Waals surface area contributed by atoms with Gasteiger partial charge in [-0.15, -0.1) is 0 Å². The number of hydrogen-bond acceptors (Lipinski definition) is 1. The molecule has 1 heteroatoms. The Morgan fingerprint density at radius 1 is 1.15 bits per heavy atom. The minimum Gasteiger partial charge on any atom is -0.260 e. The topological polar surface area (TPSA) is 12.9 Å². The molecule has 1 aromatic rings. The van der Waals surface area contributed by atoms with Crippen LogP contribution in [0.2, 0.25) is 0 Å². The van der Waals surface area contributed by atoms with Gasteiger partial charge in [-0.1, -0.05) is 56.7 Å². The predicted octanol–water partition coefficient (Wildman–Crippen LogP) is 5.52. The minimum atomic E-state index is 0.652. The van der Waals surface area contributed by atoms with Crippen molar-refractivity contribution in [3.8, 4) is 0 Å². The van der Waals surface area contributed by atoms with Gasteiger partial charge >= 0.3 is 0 Å². The Kier molecular flexibility index (Phi) is 4.94. The maximum Gasteiger partial charge on any atom is 0.0434 e.